The summed E-state index contributed by atoms with van der Waals surface area (Å²) >= 11 is 0. The molecule has 1 unspecified atom stereocenters. The lowest BCUT2D eigenvalue weighted by Gasteiger charge is -2.31. The molecular formula is C13H22N4O2S. The zero-order valence-electron chi connectivity index (χ0n) is 11.5. The Morgan fingerprint density at radius 3 is 2.85 bits per heavy atom. The third kappa shape index (κ3) is 4.24. The SMILES string of the molecule is NCC1CCCN(S(=O)(=O)NCCc2ccncc2)C1. The largest absolute Gasteiger partial charge is 0.330 e. The van der Waals surface area contributed by atoms with Gasteiger partial charge in [0.25, 0.3) is 10.2 Å². The number of hydrogen-bond acceptors (Lipinski definition) is 4. The van der Waals surface area contributed by atoms with E-state index in [0.717, 1.165) is 18.4 Å². The van der Waals surface area contributed by atoms with Crippen LogP contribution in [0.3, 0.4) is 0 Å². The maximum Gasteiger partial charge on any atom is 0.279 e. The van der Waals surface area contributed by atoms with Crippen molar-refractivity contribution in [3.8, 4) is 0 Å². The van der Waals surface area contributed by atoms with E-state index in [1.165, 1.54) is 4.31 Å². The smallest absolute Gasteiger partial charge is 0.279 e. The van der Waals surface area contributed by atoms with Crippen molar-refractivity contribution in [1.82, 2.24) is 14.0 Å². The van der Waals surface area contributed by atoms with Gasteiger partial charge in [0.2, 0.25) is 0 Å². The molecule has 20 heavy (non-hydrogen) atoms. The first-order chi connectivity index (χ1) is 9.62. The van der Waals surface area contributed by atoms with Crippen molar-refractivity contribution in [3.63, 3.8) is 0 Å². The van der Waals surface area contributed by atoms with E-state index in [0.29, 0.717) is 32.6 Å². The van der Waals surface area contributed by atoms with E-state index in [-0.39, 0.29) is 5.92 Å². The minimum absolute atomic E-state index is 0.278. The molecule has 112 valence electrons. The summed E-state index contributed by atoms with van der Waals surface area (Å²) in [6, 6.07) is 3.78. The molecule has 0 saturated carbocycles. The summed E-state index contributed by atoms with van der Waals surface area (Å²) in [7, 11) is -3.38. The molecular weight excluding hydrogens is 276 g/mol. The molecule has 0 radical (unpaired) electrons. The third-order valence-electron chi connectivity index (χ3n) is 3.60. The van der Waals surface area contributed by atoms with Crippen molar-refractivity contribution < 1.29 is 8.42 Å². The van der Waals surface area contributed by atoms with E-state index < -0.39 is 10.2 Å². The monoisotopic (exact) mass is 298 g/mol. The second kappa shape index (κ2) is 7.12. The Hall–Kier alpha value is -1.02. The molecule has 0 aliphatic carbocycles. The van der Waals surface area contributed by atoms with E-state index in [2.05, 4.69) is 9.71 Å². The molecule has 2 rings (SSSR count). The maximum absolute atomic E-state index is 12.2. The molecule has 1 aromatic rings. The topological polar surface area (TPSA) is 88.3 Å². The Bertz CT molecular complexity index is 506. The third-order valence-corrected chi connectivity index (χ3v) is 5.18. The van der Waals surface area contributed by atoms with Gasteiger partial charge in [0.15, 0.2) is 0 Å². The van der Waals surface area contributed by atoms with Gasteiger partial charge in [-0.2, -0.15) is 12.7 Å². The number of aromatic nitrogens is 1. The summed E-state index contributed by atoms with van der Waals surface area (Å²) in [5.41, 5.74) is 6.71. The lowest BCUT2D eigenvalue weighted by molar-refractivity contribution is 0.269. The molecule has 1 atom stereocenters. The fourth-order valence-electron chi connectivity index (χ4n) is 2.40. The summed E-state index contributed by atoms with van der Waals surface area (Å²) in [5.74, 6) is 0.278. The first-order valence-corrected chi connectivity index (χ1v) is 8.39. The molecule has 1 aliphatic heterocycles. The molecule has 6 nitrogen and oxygen atoms in total. The van der Waals surface area contributed by atoms with Crippen LogP contribution in [0, 0.1) is 5.92 Å². The van der Waals surface area contributed by atoms with Gasteiger partial charge in [0.05, 0.1) is 0 Å². The second-order valence-corrected chi connectivity index (χ2v) is 6.86. The van der Waals surface area contributed by atoms with Crippen LogP contribution in [0.1, 0.15) is 18.4 Å². The molecule has 0 spiro atoms. The molecule has 0 bridgehead atoms. The molecule has 2 heterocycles. The highest BCUT2D eigenvalue weighted by atomic mass is 32.2. The zero-order valence-corrected chi connectivity index (χ0v) is 12.3. The van der Waals surface area contributed by atoms with Gasteiger partial charge in [0, 0.05) is 32.0 Å². The van der Waals surface area contributed by atoms with Gasteiger partial charge in [-0.25, -0.2) is 4.72 Å². The molecule has 1 aliphatic rings. The highest BCUT2D eigenvalue weighted by Crippen LogP contribution is 2.17. The molecule has 7 heteroatoms. The predicted molar refractivity (Wildman–Crippen MR) is 78.2 cm³/mol. The normalized spacial score (nSPS) is 20.9. The van der Waals surface area contributed by atoms with Gasteiger partial charge in [-0.3, -0.25) is 4.98 Å². The number of rotatable bonds is 6. The molecule has 1 saturated heterocycles. The summed E-state index contributed by atoms with van der Waals surface area (Å²) in [6.45, 7) is 2.06. The molecule has 0 aromatic carbocycles. The van der Waals surface area contributed by atoms with E-state index in [9.17, 15) is 8.42 Å². The van der Waals surface area contributed by atoms with Gasteiger partial charge < -0.3 is 5.73 Å². The van der Waals surface area contributed by atoms with Gasteiger partial charge in [-0.1, -0.05) is 0 Å². The van der Waals surface area contributed by atoms with Crippen LogP contribution >= 0.6 is 0 Å². The van der Waals surface area contributed by atoms with Crippen LogP contribution in [0.25, 0.3) is 0 Å². The molecule has 1 aromatic heterocycles. The number of nitrogens with two attached hydrogens (primary N) is 1. The van der Waals surface area contributed by atoms with Crippen LogP contribution in [0.2, 0.25) is 0 Å². The second-order valence-electron chi connectivity index (χ2n) is 5.11. The van der Waals surface area contributed by atoms with E-state index in [1.807, 2.05) is 12.1 Å². The van der Waals surface area contributed by atoms with Crippen LogP contribution in [-0.2, 0) is 16.6 Å². The van der Waals surface area contributed by atoms with Crippen LogP contribution in [-0.4, -0.2) is 43.9 Å². The van der Waals surface area contributed by atoms with Crippen LogP contribution in [0.5, 0.6) is 0 Å². The fourth-order valence-corrected chi connectivity index (χ4v) is 3.72. The van der Waals surface area contributed by atoms with Crippen molar-refractivity contribution in [2.24, 2.45) is 11.7 Å². The van der Waals surface area contributed by atoms with Crippen molar-refractivity contribution in [2.75, 3.05) is 26.2 Å². The highest BCUT2D eigenvalue weighted by Gasteiger charge is 2.27. The van der Waals surface area contributed by atoms with Gasteiger partial charge >= 0.3 is 0 Å². The summed E-state index contributed by atoms with van der Waals surface area (Å²) in [5, 5.41) is 0. The Balaban J connectivity index is 1.84. The van der Waals surface area contributed by atoms with Crippen molar-refractivity contribution in [3.05, 3.63) is 30.1 Å². The van der Waals surface area contributed by atoms with Crippen molar-refractivity contribution >= 4 is 10.2 Å². The molecule has 3 N–H and O–H groups in total. The zero-order chi connectivity index (χ0) is 14.4. The quantitative estimate of drug-likeness (QED) is 0.781. The lowest BCUT2D eigenvalue weighted by atomic mass is 10.0. The first kappa shape index (κ1) is 15.4. The molecule has 0 amide bonds. The van der Waals surface area contributed by atoms with E-state index in [1.54, 1.807) is 12.4 Å². The highest BCUT2D eigenvalue weighted by molar-refractivity contribution is 7.87. The number of pyridine rings is 1. The Kier molecular flexibility index (Phi) is 5.47. The minimum atomic E-state index is -3.38. The number of piperidine rings is 1. The number of nitrogens with zero attached hydrogens (tertiary/aromatic N) is 2. The van der Waals surface area contributed by atoms with Crippen molar-refractivity contribution in [1.29, 1.82) is 0 Å². The van der Waals surface area contributed by atoms with Gasteiger partial charge in [0.1, 0.15) is 0 Å². The lowest BCUT2D eigenvalue weighted by Crippen LogP contribution is -2.47. The fraction of sp³-hybridized carbons (Fsp3) is 0.615. The summed E-state index contributed by atoms with van der Waals surface area (Å²) in [4.78, 5) is 3.93. The van der Waals surface area contributed by atoms with E-state index in [4.69, 9.17) is 5.73 Å². The average molecular weight is 298 g/mol. The predicted octanol–water partition coefficient (Wildman–Crippen LogP) is 0.129. The Morgan fingerprint density at radius 1 is 1.40 bits per heavy atom. The van der Waals surface area contributed by atoms with Gasteiger partial charge in [-0.05, 0) is 49.4 Å². The van der Waals surface area contributed by atoms with Crippen LogP contribution in [0.4, 0.5) is 0 Å². The average Bonchev–Trinajstić information content (AvgIpc) is 2.48. The summed E-state index contributed by atoms with van der Waals surface area (Å²) in [6.07, 6.45) is 5.98. The number of hydrogen-bond donors (Lipinski definition) is 2. The minimum Gasteiger partial charge on any atom is -0.330 e. The standard InChI is InChI=1S/C13H22N4O2S/c14-10-13-2-1-9-17(11-13)20(18,19)16-8-5-12-3-6-15-7-4-12/h3-4,6-7,13,16H,1-2,5,8-11,14H2. The molecule has 1 fully saturated rings. The van der Waals surface area contributed by atoms with Gasteiger partial charge in [-0.15, -0.1) is 0 Å². The van der Waals surface area contributed by atoms with Crippen LogP contribution < -0.4 is 10.5 Å². The first-order valence-electron chi connectivity index (χ1n) is 6.95. The van der Waals surface area contributed by atoms with E-state index >= 15 is 0 Å². The Morgan fingerprint density at radius 2 is 2.15 bits per heavy atom. The van der Waals surface area contributed by atoms with Crippen LogP contribution in [0.15, 0.2) is 24.5 Å². The summed E-state index contributed by atoms with van der Waals surface area (Å²) < 4.78 is 28.6. The van der Waals surface area contributed by atoms with Crippen molar-refractivity contribution in [2.45, 2.75) is 19.3 Å². The number of nitrogens with one attached hydrogen (secondary N) is 1. The Labute approximate surface area is 120 Å². The maximum atomic E-state index is 12.2.